The Hall–Kier alpha value is 0.0969. The molecule has 0 spiro atoms. The first-order valence-corrected chi connectivity index (χ1v) is 8.74. The Balaban J connectivity index is 2.59. The van der Waals surface area contributed by atoms with Crippen molar-refractivity contribution in [1.82, 2.24) is 10.2 Å². The molecule has 3 nitrogen and oxygen atoms in total. The molecule has 0 aromatic carbocycles. The van der Waals surface area contributed by atoms with E-state index in [1.165, 1.54) is 0 Å². The minimum Gasteiger partial charge on any atom is -0.400 e. The molecule has 1 fully saturated rings. The van der Waals surface area contributed by atoms with Crippen molar-refractivity contribution in [3.63, 3.8) is 0 Å². The van der Waals surface area contributed by atoms with E-state index in [4.69, 9.17) is 4.43 Å². The quantitative estimate of drug-likeness (QED) is 0.733. The second kappa shape index (κ2) is 4.53. The van der Waals surface area contributed by atoms with Crippen molar-refractivity contribution in [1.29, 1.82) is 0 Å². The second-order valence-electron chi connectivity index (χ2n) is 6.02. The lowest BCUT2D eigenvalue weighted by Gasteiger charge is -2.43. The van der Waals surface area contributed by atoms with Gasteiger partial charge in [0.1, 0.15) is 6.23 Å². The third-order valence-electron chi connectivity index (χ3n) is 3.69. The number of piperazine rings is 1. The Kier molecular flexibility index (Phi) is 3.98. The Morgan fingerprint density at radius 3 is 2.40 bits per heavy atom. The SMILES string of the molecule is CN1CCNCC1O[Si](C)(C)C(C)(C)C. The molecule has 1 N–H and O–H groups in total. The number of nitrogens with zero attached hydrogens (tertiary/aromatic N) is 1. The summed E-state index contributed by atoms with van der Waals surface area (Å²) in [7, 11) is 0.536. The van der Waals surface area contributed by atoms with E-state index in [0.29, 0.717) is 5.04 Å². The Bertz CT molecular complexity index is 213. The van der Waals surface area contributed by atoms with Crippen molar-refractivity contribution in [2.24, 2.45) is 0 Å². The van der Waals surface area contributed by atoms with Crippen LogP contribution in [0.1, 0.15) is 20.8 Å². The van der Waals surface area contributed by atoms with Gasteiger partial charge in [0.05, 0.1) is 0 Å². The normalized spacial score (nSPS) is 25.6. The van der Waals surface area contributed by atoms with Gasteiger partial charge in [0.15, 0.2) is 8.32 Å². The number of nitrogens with one attached hydrogen (secondary N) is 1. The molecule has 1 atom stereocenters. The highest BCUT2D eigenvalue weighted by molar-refractivity contribution is 6.74. The predicted octanol–water partition coefficient (Wildman–Crippen LogP) is 1.87. The monoisotopic (exact) mass is 230 g/mol. The maximum atomic E-state index is 6.36. The highest BCUT2D eigenvalue weighted by Gasteiger charge is 2.40. The van der Waals surface area contributed by atoms with Crippen LogP contribution < -0.4 is 5.32 Å². The summed E-state index contributed by atoms with van der Waals surface area (Å²) in [6.45, 7) is 14.6. The van der Waals surface area contributed by atoms with Gasteiger partial charge in [0, 0.05) is 19.6 Å². The fourth-order valence-electron chi connectivity index (χ4n) is 1.43. The molecule has 0 radical (unpaired) electrons. The lowest BCUT2D eigenvalue weighted by Crippen LogP contribution is -2.56. The van der Waals surface area contributed by atoms with Gasteiger partial charge < -0.3 is 9.74 Å². The first kappa shape index (κ1) is 13.2. The summed E-state index contributed by atoms with van der Waals surface area (Å²) in [5, 5.41) is 3.69. The molecular weight excluding hydrogens is 204 g/mol. The molecular formula is C11H26N2OSi. The van der Waals surface area contributed by atoms with E-state index in [2.05, 4.69) is 51.1 Å². The van der Waals surface area contributed by atoms with E-state index in [1.54, 1.807) is 0 Å². The molecule has 0 amide bonds. The van der Waals surface area contributed by atoms with Crippen molar-refractivity contribution >= 4 is 8.32 Å². The van der Waals surface area contributed by atoms with Gasteiger partial charge in [-0.3, -0.25) is 4.90 Å². The maximum Gasteiger partial charge on any atom is 0.194 e. The molecule has 0 aromatic heterocycles. The summed E-state index contributed by atoms with van der Waals surface area (Å²) in [6, 6.07) is 0. The van der Waals surface area contributed by atoms with Crippen molar-refractivity contribution in [2.45, 2.75) is 45.1 Å². The highest BCUT2D eigenvalue weighted by atomic mass is 28.4. The lowest BCUT2D eigenvalue weighted by atomic mass is 10.2. The van der Waals surface area contributed by atoms with E-state index in [-0.39, 0.29) is 6.23 Å². The largest absolute Gasteiger partial charge is 0.400 e. The van der Waals surface area contributed by atoms with Gasteiger partial charge in [0.2, 0.25) is 0 Å². The molecule has 1 aliphatic rings. The minimum atomic E-state index is -1.62. The standard InChI is InChI=1S/C11H26N2OSi/c1-11(2,3)15(5,6)14-10-9-12-7-8-13(10)4/h10,12H,7-9H2,1-6H3. The fraction of sp³-hybridized carbons (Fsp3) is 1.00. The van der Waals surface area contributed by atoms with Crippen molar-refractivity contribution in [2.75, 3.05) is 26.7 Å². The van der Waals surface area contributed by atoms with E-state index >= 15 is 0 Å². The Morgan fingerprint density at radius 1 is 1.33 bits per heavy atom. The molecule has 15 heavy (non-hydrogen) atoms. The Labute approximate surface area is 95.3 Å². The number of hydrogen-bond donors (Lipinski definition) is 1. The van der Waals surface area contributed by atoms with Crippen LogP contribution in [0.15, 0.2) is 0 Å². The zero-order valence-corrected chi connectivity index (χ0v) is 12.1. The van der Waals surface area contributed by atoms with Gasteiger partial charge in [-0.2, -0.15) is 0 Å². The summed E-state index contributed by atoms with van der Waals surface area (Å²) >= 11 is 0. The van der Waals surface area contributed by atoms with Crippen molar-refractivity contribution in [3.8, 4) is 0 Å². The van der Waals surface area contributed by atoms with E-state index in [1.807, 2.05) is 0 Å². The fourth-order valence-corrected chi connectivity index (χ4v) is 2.73. The summed E-state index contributed by atoms with van der Waals surface area (Å²) in [5.41, 5.74) is 0. The van der Waals surface area contributed by atoms with Crippen molar-refractivity contribution < 1.29 is 4.43 Å². The molecule has 0 bridgehead atoms. The van der Waals surface area contributed by atoms with Gasteiger partial charge in [-0.15, -0.1) is 0 Å². The zero-order chi connectivity index (χ0) is 11.7. The van der Waals surface area contributed by atoms with Crippen LogP contribution in [0.5, 0.6) is 0 Å². The van der Waals surface area contributed by atoms with Crippen LogP contribution >= 0.6 is 0 Å². The molecule has 4 heteroatoms. The van der Waals surface area contributed by atoms with Gasteiger partial charge in [-0.25, -0.2) is 0 Å². The molecule has 1 saturated heterocycles. The second-order valence-corrected chi connectivity index (χ2v) is 10.8. The van der Waals surface area contributed by atoms with Gasteiger partial charge in [-0.1, -0.05) is 20.8 Å². The van der Waals surface area contributed by atoms with Crippen LogP contribution in [0.25, 0.3) is 0 Å². The summed E-state index contributed by atoms with van der Waals surface area (Å²) in [4.78, 5) is 2.32. The maximum absolute atomic E-state index is 6.36. The highest BCUT2D eigenvalue weighted by Crippen LogP contribution is 2.37. The minimum absolute atomic E-state index is 0.264. The first-order valence-electron chi connectivity index (χ1n) is 5.83. The third-order valence-corrected chi connectivity index (χ3v) is 8.16. The van der Waals surface area contributed by atoms with Crippen LogP contribution in [0.3, 0.4) is 0 Å². The van der Waals surface area contributed by atoms with Gasteiger partial charge in [0.25, 0.3) is 0 Å². The summed E-state index contributed by atoms with van der Waals surface area (Å²) < 4.78 is 6.36. The zero-order valence-electron chi connectivity index (χ0n) is 11.1. The predicted molar refractivity (Wildman–Crippen MR) is 67.6 cm³/mol. The third kappa shape index (κ3) is 3.28. The van der Waals surface area contributed by atoms with Crippen LogP contribution in [0.2, 0.25) is 18.1 Å². The number of likely N-dealkylation sites (N-methyl/N-ethyl adjacent to an activating group) is 1. The lowest BCUT2D eigenvalue weighted by molar-refractivity contribution is 0.0157. The van der Waals surface area contributed by atoms with Gasteiger partial charge >= 0.3 is 0 Å². The number of rotatable bonds is 2. The molecule has 90 valence electrons. The molecule has 1 aliphatic heterocycles. The van der Waals surface area contributed by atoms with E-state index in [9.17, 15) is 0 Å². The Morgan fingerprint density at radius 2 is 1.93 bits per heavy atom. The van der Waals surface area contributed by atoms with Gasteiger partial charge in [-0.05, 0) is 25.2 Å². The molecule has 0 aromatic rings. The summed E-state index contributed by atoms with van der Waals surface area (Å²) in [5.74, 6) is 0. The first-order chi connectivity index (χ1) is 6.74. The molecule has 0 saturated carbocycles. The average molecular weight is 230 g/mol. The smallest absolute Gasteiger partial charge is 0.194 e. The van der Waals surface area contributed by atoms with E-state index in [0.717, 1.165) is 19.6 Å². The summed E-state index contributed by atoms with van der Waals surface area (Å²) in [6.07, 6.45) is 0.264. The van der Waals surface area contributed by atoms with Crippen LogP contribution in [0, 0.1) is 0 Å². The van der Waals surface area contributed by atoms with Crippen LogP contribution in [-0.2, 0) is 4.43 Å². The number of hydrogen-bond acceptors (Lipinski definition) is 3. The molecule has 1 heterocycles. The molecule has 1 rings (SSSR count). The molecule has 0 aliphatic carbocycles. The van der Waals surface area contributed by atoms with Crippen LogP contribution in [0.4, 0.5) is 0 Å². The molecule has 1 unspecified atom stereocenters. The van der Waals surface area contributed by atoms with Crippen molar-refractivity contribution in [3.05, 3.63) is 0 Å². The average Bonchev–Trinajstić information content (AvgIpc) is 2.06. The topological polar surface area (TPSA) is 24.5 Å². The van der Waals surface area contributed by atoms with E-state index < -0.39 is 8.32 Å². The van der Waals surface area contributed by atoms with Crippen LogP contribution in [-0.4, -0.2) is 46.1 Å².